The van der Waals surface area contributed by atoms with Crippen molar-refractivity contribution in [1.29, 1.82) is 0 Å². The van der Waals surface area contributed by atoms with Gasteiger partial charge in [0.1, 0.15) is 0 Å². The molecule has 0 radical (unpaired) electrons. The van der Waals surface area contributed by atoms with Crippen molar-refractivity contribution in [3.63, 3.8) is 0 Å². The molecular formula is C8H10N2O3. The molecule has 5 heteroatoms. The molecular weight excluding hydrogens is 172 g/mol. The number of hydrogen-bond acceptors (Lipinski definition) is 3. The topological polar surface area (TPSA) is 72.2 Å². The Hall–Kier alpha value is -1.65. The van der Waals surface area contributed by atoms with Crippen LogP contribution in [0.5, 0.6) is 0 Å². The molecule has 0 spiro atoms. The van der Waals surface area contributed by atoms with Gasteiger partial charge in [-0.05, 0) is 6.42 Å². The summed E-state index contributed by atoms with van der Waals surface area (Å²) in [6.07, 6.45) is 2.07. The van der Waals surface area contributed by atoms with Crippen LogP contribution < -0.4 is 5.56 Å². The maximum atomic E-state index is 11.2. The van der Waals surface area contributed by atoms with Crippen LogP contribution in [0.1, 0.15) is 23.8 Å². The normalized spacial score (nSPS) is 9.92. The van der Waals surface area contributed by atoms with Crippen LogP contribution in [0.15, 0.2) is 17.2 Å². The number of carbonyl (C=O) groups is 1. The van der Waals surface area contributed by atoms with Gasteiger partial charge < -0.3 is 5.11 Å². The lowest BCUT2D eigenvalue weighted by Gasteiger charge is -2.01. The van der Waals surface area contributed by atoms with E-state index in [0.717, 1.165) is 12.5 Å². The lowest BCUT2D eigenvalue weighted by atomic mass is 10.4. The van der Waals surface area contributed by atoms with Crippen molar-refractivity contribution in [1.82, 2.24) is 9.55 Å². The van der Waals surface area contributed by atoms with Crippen molar-refractivity contribution in [3.05, 3.63) is 28.4 Å². The molecule has 0 atom stereocenters. The fourth-order valence-corrected chi connectivity index (χ4v) is 0.952. The largest absolute Gasteiger partial charge is 0.477 e. The van der Waals surface area contributed by atoms with E-state index in [-0.39, 0.29) is 11.3 Å². The summed E-state index contributed by atoms with van der Waals surface area (Å²) in [5.41, 5.74) is -0.536. The zero-order chi connectivity index (χ0) is 9.84. The first-order valence-electron chi connectivity index (χ1n) is 3.95. The molecule has 13 heavy (non-hydrogen) atoms. The van der Waals surface area contributed by atoms with Crippen molar-refractivity contribution in [2.75, 3.05) is 0 Å². The summed E-state index contributed by atoms with van der Waals surface area (Å²) in [6, 6.07) is 1.03. The van der Waals surface area contributed by atoms with Gasteiger partial charge in [0.15, 0.2) is 5.69 Å². The summed E-state index contributed by atoms with van der Waals surface area (Å²) < 4.78 is 1.38. The van der Waals surface area contributed by atoms with E-state index in [2.05, 4.69) is 4.98 Å². The van der Waals surface area contributed by atoms with Crippen LogP contribution in [0.3, 0.4) is 0 Å². The van der Waals surface area contributed by atoms with Gasteiger partial charge in [0.25, 0.3) is 5.56 Å². The van der Waals surface area contributed by atoms with Crippen LogP contribution in [0.25, 0.3) is 0 Å². The Kier molecular flexibility index (Phi) is 2.79. The fraction of sp³-hybridized carbons (Fsp3) is 0.375. The second-order valence-corrected chi connectivity index (χ2v) is 2.61. The molecule has 0 fully saturated rings. The molecule has 0 unspecified atom stereocenters. The molecule has 0 saturated heterocycles. The molecule has 0 aliphatic heterocycles. The van der Waals surface area contributed by atoms with Gasteiger partial charge in [0, 0.05) is 12.6 Å². The molecule has 1 heterocycles. The van der Waals surface area contributed by atoms with Gasteiger partial charge in [-0.15, -0.1) is 0 Å². The Morgan fingerprint density at radius 2 is 2.38 bits per heavy atom. The SMILES string of the molecule is CCCn1cnc(C(=O)O)cc1=O. The molecule has 70 valence electrons. The van der Waals surface area contributed by atoms with Gasteiger partial charge in [-0.3, -0.25) is 9.36 Å². The zero-order valence-corrected chi connectivity index (χ0v) is 7.23. The third-order valence-corrected chi connectivity index (χ3v) is 1.56. The van der Waals surface area contributed by atoms with Crippen LogP contribution in [-0.2, 0) is 6.54 Å². The second kappa shape index (κ2) is 3.84. The Balaban J connectivity index is 3.06. The van der Waals surface area contributed by atoms with Crippen LogP contribution in [-0.4, -0.2) is 20.6 Å². The van der Waals surface area contributed by atoms with E-state index < -0.39 is 5.97 Å². The summed E-state index contributed by atoms with van der Waals surface area (Å²) in [5, 5.41) is 8.52. The highest BCUT2D eigenvalue weighted by Crippen LogP contribution is 1.89. The Morgan fingerprint density at radius 1 is 1.69 bits per heavy atom. The molecule has 0 bridgehead atoms. The van der Waals surface area contributed by atoms with Gasteiger partial charge in [0.05, 0.1) is 6.33 Å². The number of aromatic carboxylic acids is 1. The lowest BCUT2D eigenvalue weighted by molar-refractivity contribution is 0.0690. The minimum absolute atomic E-state index is 0.211. The maximum Gasteiger partial charge on any atom is 0.354 e. The van der Waals surface area contributed by atoms with E-state index in [9.17, 15) is 9.59 Å². The van der Waals surface area contributed by atoms with E-state index in [1.807, 2.05) is 6.92 Å². The average molecular weight is 182 g/mol. The Morgan fingerprint density at radius 3 is 2.85 bits per heavy atom. The average Bonchev–Trinajstić information content (AvgIpc) is 2.08. The minimum atomic E-state index is -1.18. The van der Waals surface area contributed by atoms with E-state index in [0.29, 0.717) is 6.54 Å². The van der Waals surface area contributed by atoms with E-state index in [4.69, 9.17) is 5.11 Å². The van der Waals surface area contributed by atoms with Crippen molar-refractivity contribution < 1.29 is 9.90 Å². The van der Waals surface area contributed by atoms with Crippen molar-refractivity contribution in [2.45, 2.75) is 19.9 Å². The Bertz CT molecular complexity index is 370. The number of carboxylic acid groups (broad SMARTS) is 1. The number of nitrogens with zero attached hydrogens (tertiary/aromatic N) is 2. The van der Waals surface area contributed by atoms with Gasteiger partial charge in [-0.1, -0.05) is 6.92 Å². The number of carboxylic acids is 1. The molecule has 0 aromatic carbocycles. The van der Waals surface area contributed by atoms with Crippen molar-refractivity contribution >= 4 is 5.97 Å². The van der Waals surface area contributed by atoms with Gasteiger partial charge >= 0.3 is 5.97 Å². The summed E-state index contributed by atoms with van der Waals surface area (Å²) in [7, 11) is 0. The second-order valence-electron chi connectivity index (χ2n) is 2.61. The molecule has 0 saturated carbocycles. The van der Waals surface area contributed by atoms with Gasteiger partial charge in [0.2, 0.25) is 0 Å². The van der Waals surface area contributed by atoms with E-state index >= 15 is 0 Å². The van der Waals surface area contributed by atoms with Crippen molar-refractivity contribution in [2.24, 2.45) is 0 Å². The first kappa shape index (κ1) is 9.44. The number of aromatic nitrogens is 2. The smallest absolute Gasteiger partial charge is 0.354 e. The number of aryl methyl sites for hydroxylation is 1. The monoisotopic (exact) mass is 182 g/mol. The molecule has 0 aliphatic carbocycles. The third kappa shape index (κ3) is 2.14. The highest BCUT2D eigenvalue weighted by molar-refractivity contribution is 5.84. The number of hydrogen-bond donors (Lipinski definition) is 1. The highest BCUT2D eigenvalue weighted by atomic mass is 16.4. The quantitative estimate of drug-likeness (QED) is 0.732. The van der Waals surface area contributed by atoms with Gasteiger partial charge in [-0.25, -0.2) is 9.78 Å². The molecule has 1 N–H and O–H groups in total. The molecule has 0 amide bonds. The summed E-state index contributed by atoms with van der Waals surface area (Å²) in [4.78, 5) is 25.2. The summed E-state index contributed by atoms with van der Waals surface area (Å²) in [5.74, 6) is -1.18. The van der Waals surface area contributed by atoms with Crippen LogP contribution in [0, 0.1) is 0 Å². The lowest BCUT2D eigenvalue weighted by Crippen LogP contribution is -2.21. The first-order chi connectivity index (χ1) is 6.15. The zero-order valence-electron chi connectivity index (χ0n) is 7.23. The highest BCUT2D eigenvalue weighted by Gasteiger charge is 2.05. The molecule has 1 rings (SSSR count). The van der Waals surface area contributed by atoms with Crippen LogP contribution in [0.4, 0.5) is 0 Å². The van der Waals surface area contributed by atoms with Crippen LogP contribution >= 0.6 is 0 Å². The van der Waals surface area contributed by atoms with E-state index in [1.54, 1.807) is 0 Å². The third-order valence-electron chi connectivity index (χ3n) is 1.56. The maximum absolute atomic E-state index is 11.2. The fourth-order valence-electron chi connectivity index (χ4n) is 0.952. The summed E-state index contributed by atoms with van der Waals surface area (Å²) >= 11 is 0. The minimum Gasteiger partial charge on any atom is -0.477 e. The number of rotatable bonds is 3. The molecule has 1 aromatic heterocycles. The molecule has 0 aliphatic rings. The predicted octanol–water partition coefficient (Wildman–Crippen LogP) is 0.352. The predicted molar refractivity (Wildman–Crippen MR) is 45.7 cm³/mol. The van der Waals surface area contributed by atoms with Crippen LogP contribution in [0.2, 0.25) is 0 Å². The molecule has 5 nitrogen and oxygen atoms in total. The summed E-state index contributed by atoms with van der Waals surface area (Å²) in [6.45, 7) is 2.49. The van der Waals surface area contributed by atoms with Gasteiger partial charge in [-0.2, -0.15) is 0 Å². The first-order valence-corrected chi connectivity index (χ1v) is 3.95. The Labute approximate surface area is 74.7 Å². The van der Waals surface area contributed by atoms with E-state index in [1.165, 1.54) is 10.9 Å². The molecule has 1 aromatic rings. The standard InChI is InChI=1S/C8H10N2O3/c1-2-3-10-5-9-6(8(12)13)4-7(10)11/h4-5H,2-3H2,1H3,(H,12,13). The van der Waals surface area contributed by atoms with Crippen molar-refractivity contribution in [3.8, 4) is 0 Å².